The zero-order valence-corrected chi connectivity index (χ0v) is 7.95. The van der Waals surface area contributed by atoms with E-state index in [1.807, 2.05) is 7.05 Å². The Morgan fingerprint density at radius 2 is 2.38 bits per heavy atom. The molecular weight excluding hydrogens is 166 g/mol. The highest BCUT2D eigenvalue weighted by Crippen LogP contribution is 2.37. The summed E-state index contributed by atoms with van der Waals surface area (Å²) in [5, 5.41) is 7.73. The molecule has 0 radical (unpaired) electrons. The quantitative estimate of drug-likeness (QED) is 0.641. The van der Waals surface area contributed by atoms with E-state index in [1.165, 1.54) is 0 Å². The van der Waals surface area contributed by atoms with Crippen molar-refractivity contribution in [2.45, 2.75) is 31.6 Å². The van der Waals surface area contributed by atoms with Crippen LogP contribution in [0.3, 0.4) is 0 Å². The van der Waals surface area contributed by atoms with Crippen LogP contribution in [0.2, 0.25) is 0 Å². The first kappa shape index (κ1) is 8.41. The summed E-state index contributed by atoms with van der Waals surface area (Å²) in [6.45, 7) is 2.11. The number of hydrogen-bond acceptors (Lipinski definition) is 3. The van der Waals surface area contributed by atoms with Crippen LogP contribution < -0.4 is 0 Å². The number of carbonyl (C=O) groups is 1. The largest absolute Gasteiger partial charge is 0.300 e. The Morgan fingerprint density at radius 1 is 1.62 bits per heavy atom. The second-order valence-electron chi connectivity index (χ2n) is 4.02. The smallest absolute Gasteiger partial charge is 0.133 e. The third-order valence-corrected chi connectivity index (χ3v) is 2.88. The van der Waals surface area contributed by atoms with E-state index in [2.05, 4.69) is 17.2 Å². The van der Waals surface area contributed by atoms with Gasteiger partial charge in [0.1, 0.15) is 5.78 Å². The molecule has 4 nitrogen and oxygen atoms in total. The van der Waals surface area contributed by atoms with Crippen molar-refractivity contribution in [1.82, 2.24) is 15.0 Å². The maximum absolute atomic E-state index is 11.2. The predicted molar refractivity (Wildman–Crippen MR) is 47.2 cm³/mol. The molecule has 1 aromatic rings. The van der Waals surface area contributed by atoms with Crippen LogP contribution in [0.4, 0.5) is 0 Å². The Hall–Kier alpha value is -1.19. The average Bonchev–Trinajstić information content (AvgIpc) is 2.59. The van der Waals surface area contributed by atoms with E-state index in [1.54, 1.807) is 10.9 Å². The summed E-state index contributed by atoms with van der Waals surface area (Å²) in [6.07, 6.45) is 4.02. The van der Waals surface area contributed by atoms with Gasteiger partial charge in [0.05, 0.1) is 11.9 Å². The first-order chi connectivity index (χ1) is 6.12. The Bertz CT molecular complexity index is 344. The Balaban J connectivity index is 2.35. The van der Waals surface area contributed by atoms with E-state index < -0.39 is 0 Å². The number of nitrogens with zero attached hydrogens (tertiary/aromatic N) is 3. The van der Waals surface area contributed by atoms with Crippen LogP contribution in [0, 0.1) is 0 Å². The molecule has 1 fully saturated rings. The van der Waals surface area contributed by atoms with Gasteiger partial charge in [0.2, 0.25) is 0 Å². The highest BCUT2D eigenvalue weighted by molar-refractivity contribution is 5.82. The van der Waals surface area contributed by atoms with E-state index in [-0.39, 0.29) is 5.41 Å². The molecule has 0 spiro atoms. The third-order valence-electron chi connectivity index (χ3n) is 2.88. The second-order valence-corrected chi connectivity index (χ2v) is 4.02. The molecule has 1 atom stereocenters. The third kappa shape index (κ3) is 1.26. The van der Waals surface area contributed by atoms with Gasteiger partial charge in [0, 0.05) is 25.3 Å². The van der Waals surface area contributed by atoms with Crippen molar-refractivity contribution in [2.75, 3.05) is 0 Å². The predicted octanol–water partition coefficient (Wildman–Crippen LogP) is 0.826. The fourth-order valence-electron chi connectivity index (χ4n) is 2.08. The van der Waals surface area contributed by atoms with Crippen molar-refractivity contribution in [3.05, 3.63) is 11.9 Å². The highest BCUT2D eigenvalue weighted by atomic mass is 16.1. The normalized spacial score (nSPS) is 28.3. The lowest BCUT2D eigenvalue weighted by Crippen LogP contribution is -2.21. The topological polar surface area (TPSA) is 47.8 Å². The molecule has 1 unspecified atom stereocenters. The summed E-state index contributed by atoms with van der Waals surface area (Å²) in [6, 6.07) is 0. The number of rotatable bonds is 1. The second kappa shape index (κ2) is 2.65. The van der Waals surface area contributed by atoms with Crippen LogP contribution in [-0.4, -0.2) is 20.8 Å². The van der Waals surface area contributed by atoms with Gasteiger partial charge in [-0.1, -0.05) is 12.1 Å². The lowest BCUT2D eigenvalue weighted by Gasteiger charge is -2.21. The maximum Gasteiger partial charge on any atom is 0.133 e. The van der Waals surface area contributed by atoms with Crippen molar-refractivity contribution in [1.29, 1.82) is 0 Å². The summed E-state index contributed by atoms with van der Waals surface area (Å²) < 4.78 is 1.76. The molecule has 0 aromatic carbocycles. The summed E-state index contributed by atoms with van der Waals surface area (Å²) in [5.74, 6) is 0.351. The number of hydrogen-bond donors (Lipinski definition) is 0. The highest BCUT2D eigenvalue weighted by Gasteiger charge is 2.37. The molecule has 0 saturated heterocycles. The molecule has 1 aliphatic rings. The summed E-state index contributed by atoms with van der Waals surface area (Å²) >= 11 is 0. The van der Waals surface area contributed by atoms with Gasteiger partial charge < -0.3 is 0 Å². The Labute approximate surface area is 76.9 Å². The molecule has 1 aliphatic carbocycles. The van der Waals surface area contributed by atoms with Crippen molar-refractivity contribution in [3.63, 3.8) is 0 Å². The Kier molecular flexibility index (Phi) is 1.71. The molecule has 13 heavy (non-hydrogen) atoms. The zero-order chi connectivity index (χ0) is 9.47. The van der Waals surface area contributed by atoms with Crippen molar-refractivity contribution in [3.8, 4) is 0 Å². The molecule has 0 aliphatic heterocycles. The number of ketones is 1. The van der Waals surface area contributed by atoms with Crippen LogP contribution in [0.5, 0.6) is 0 Å². The first-order valence-corrected chi connectivity index (χ1v) is 4.49. The first-order valence-electron chi connectivity index (χ1n) is 4.49. The number of aromatic nitrogens is 3. The van der Waals surface area contributed by atoms with Crippen LogP contribution in [0.15, 0.2) is 6.20 Å². The van der Waals surface area contributed by atoms with Crippen molar-refractivity contribution < 1.29 is 4.79 Å². The molecule has 1 aromatic heterocycles. The van der Waals surface area contributed by atoms with E-state index in [0.717, 1.165) is 12.1 Å². The van der Waals surface area contributed by atoms with Gasteiger partial charge >= 0.3 is 0 Å². The van der Waals surface area contributed by atoms with E-state index >= 15 is 0 Å². The number of Topliss-reactive ketones (excluding diaryl/α,β-unsaturated/α-hetero) is 1. The van der Waals surface area contributed by atoms with Gasteiger partial charge in [-0.2, -0.15) is 0 Å². The van der Waals surface area contributed by atoms with Gasteiger partial charge in [0.25, 0.3) is 0 Å². The lowest BCUT2D eigenvalue weighted by atomic mass is 9.85. The Morgan fingerprint density at radius 3 is 2.85 bits per heavy atom. The fourth-order valence-corrected chi connectivity index (χ4v) is 2.08. The van der Waals surface area contributed by atoms with Crippen molar-refractivity contribution in [2.24, 2.45) is 7.05 Å². The minimum atomic E-state index is -0.0324. The molecule has 1 heterocycles. The molecule has 70 valence electrons. The zero-order valence-electron chi connectivity index (χ0n) is 7.95. The van der Waals surface area contributed by atoms with E-state index in [9.17, 15) is 4.79 Å². The van der Waals surface area contributed by atoms with E-state index in [4.69, 9.17) is 0 Å². The van der Waals surface area contributed by atoms with Crippen molar-refractivity contribution >= 4 is 5.78 Å². The number of carbonyl (C=O) groups excluding carboxylic acids is 1. The molecular formula is C9H13N3O. The molecule has 0 N–H and O–H groups in total. The number of aryl methyl sites for hydroxylation is 1. The minimum Gasteiger partial charge on any atom is -0.300 e. The van der Waals surface area contributed by atoms with Gasteiger partial charge in [-0.25, -0.2) is 0 Å². The van der Waals surface area contributed by atoms with Gasteiger partial charge in [-0.15, -0.1) is 5.10 Å². The van der Waals surface area contributed by atoms with Crippen LogP contribution in [0.1, 0.15) is 31.9 Å². The fraction of sp³-hybridized carbons (Fsp3) is 0.667. The minimum absolute atomic E-state index is 0.0324. The van der Waals surface area contributed by atoms with E-state index in [0.29, 0.717) is 18.6 Å². The summed E-state index contributed by atoms with van der Waals surface area (Å²) in [5.41, 5.74) is 1.04. The molecule has 0 bridgehead atoms. The van der Waals surface area contributed by atoms with Gasteiger partial charge in [0.15, 0.2) is 0 Å². The summed E-state index contributed by atoms with van der Waals surface area (Å²) in [4.78, 5) is 11.2. The lowest BCUT2D eigenvalue weighted by molar-refractivity contribution is -0.117. The maximum atomic E-state index is 11.2. The monoisotopic (exact) mass is 179 g/mol. The van der Waals surface area contributed by atoms with Crippen LogP contribution in [0.25, 0.3) is 0 Å². The molecule has 0 amide bonds. The van der Waals surface area contributed by atoms with Crippen LogP contribution in [-0.2, 0) is 17.3 Å². The van der Waals surface area contributed by atoms with Gasteiger partial charge in [-0.3, -0.25) is 9.48 Å². The standard InChI is InChI=1S/C9H13N3O/c1-9(4-3-7(13)5-9)8-6-10-11-12(8)2/h6H,3-5H2,1-2H3. The molecule has 4 heteroatoms. The van der Waals surface area contributed by atoms with Crippen LogP contribution >= 0.6 is 0 Å². The van der Waals surface area contributed by atoms with Gasteiger partial charge in [-0.05, 0) is 6.42 Å². The SMILES string of the molecule is Cn1nncc1C1(C)CCC(=O)C1. The summed E-state index contributed by atoms with van der Waals surface area (Å²) in [7, 11) is 1.87. The molecule has 1 saturated carbocycles. The average molecular weight is 179 g/mol. The molecule has 2 rings (SSSR count).